The maximum Gasteiger partial charge on any atom is 0.0975 e. The summed E-state index contributed by atoms with van der Waals surface area (Å²) < 4.78 is 2.08. The minimum Gasteiger partial charge on any atom is -0.387 e. The van der Waals surface area contributed by atoms with Crippen molar-refractivity contribution in [3.8, 4) is 0 Å². The lowest BCUT2D eigenvalue weighted by molar-refractivity contribution is 0.167. The van der Waals surface area contributed by atoms with Crippen LogP contribution in [0.5, 0.6) is 0 Å². The van der Waals surface area contributed by atoms with Gasteiger partial charge in [0.15, 0.2) is 0 Å². The molecule has 0 saturated carbocycles. The van der Waals surface area contributed by atoms with Crippen LogP contribution in [0.3, 0.4) is 0 Å². The van der Waals surface area contributed by atoms with Crippen LogP contribution >= 0.6 is 0 Å². The maximum absolute atomic E-state index is 9.92. The van der Waals surface area contributed by atoms with Crippen molar-refractivity contribution in [2.24, 2.45) is 0 Å². The normalized spacial score (nSPS) is 17.4. The van der Waals surface area contributed by atoms with Crippen LogP contribution in [-0.2, 0) is 13.1 Å². The molecule has 0 saturated heterocycles. The van der Waals surface area contributed by atoms with Gasteiger partial charge in [-0.25, -0.2) is 0 Å². The molecule has 0 fully saturated rings. The highest BCUT2D eigenvalue weighted by Crippen LogP contribution is 2.20. The Labute approximate surface area is 122 Å². The molecule has 0 bridgehead atoms. The number of rotatable bonds is 5. The van der Waals surface area contributed by atoms with Gasteiger partial charge in [-0.1, -0.05) is 18.6 Å². The average molecular weight is 277 g/mol. The van der Waals surface area contributed by atoms with Gasteiger partial charge in [0, 0.05) is 26.2 Å². The molecule has 4 nitrogen and oxygen atoms in total. The van der Waals surface area contributed by atoms with Crippen molar-refractivity contribution in [2.45, 2.75) is 59.2 Å². The second-order valence-electron chi connectivity index (χ2n) is 5.91. The molecule has 1 unspecified atom stereocenters. The molecule has 2 rings (SSSR count). The summed E-state index contributed by atoms with van der Waals surface area (Å²) >= 11 is 0. The number of allylic oxidation sites excluding steroid dienone is 1. The Hall–Kier alpha value is -1.13. The Morgan fingerprint density at radius 3 is 2.95 bits per heavy atom. The Morgan fingerprint density at radius 1 is 1.45 bits per heavy atom. The molecule has 0 aliphatic carbocycles. The van der Waals surface area contributed by atoms with Crippen molar-refractivity contribution in [2.75, 3.05) is 13.1 Å². The van der Waals surface area contributed by atoms with Gasteiger partial charge in [0.2, 0.25) is 0 Å². The van der Waals surface area contributed by atoms with Crippen molar-refractivity contribution in [3.63, 3.8) is 0 Å². The third kappa shape index (κ3) is 3.93. The largest absolute Gasteiger partial charge is 0.387 e. The number of hydrogen-bond acceptors (Lipinski definition) is 3. The summed E-state index contributed by atoms with van der Waals surface area (Å²) in [5, 5.41) is 14.5. The van der Waals surface area contributed by atoms with Crippen LogP contribution in [0.25, 0.3) is 0 Å². The molecule has 112 valence electrons. The lowest BCUT2D eigenvalue weighted by Gasteiger charge is -2.18. The van der Waals surface area contributed by atoms with E-state index < -0.39 is 6.10 Å². The number of hydrogen-bond donors (Lipinski definition) is 1. The lowest BCUT2D eigenvalue weighted by Crippen LogP contribution is -2.24. The second-order valence-corrected chi connectivity index (χ2v) is 5.91. The van der Waals surface area contributed by atoms with Gasteiger partial charge in [-0.3, -0.25) is 9.58 Å². The fourth-order valence-corrected chi connectivity index (χ4v) is 2.65. The van der Waals surface area contributed by atoms with E-state index in [0.29, 0.717) is 0 Å². The van der Waals surface area contributed by atoms with Gasteiger partial charge in [0.1, 0.15) is 0 Å². The second kappa shape index (κ2) is 7.04. The number of aryl methyl sites for hydroxylation is 1. The van der Waals surface area contributed by atoms with Crippen LogP contribution in [0.2, 0.25) is 0 Å². The molecule has 1 aliphatic rings. The maximum atomic E-state index is 9.92. The summed E-state index contributed by atoms with van der Waals surface area (Å²) in [5.74, 6) is 0. The standard InChI is InChI=1S/C16H27N3O/c1-4-16(20)15-11-14-12-18(8-5-7-13(2)3)9-6-10-19(14)17-15/h7,11,16,20H,4-6,8-10,12H2,1-3H3. The van der Waals surface area contributed by atoms with Crippen molar-refractivity contribution < 1.29 is 5.11 Å². The predicted molar refractivity (Wildman–Crippen MR) is 81.4 cm³/mol. The highest BCUT2D eigenvalue weighted by molar-refractivity contribution is 5.13. The average Bonchev–Trinajstić information content (AvgIpc) is 2.71. The molecule has 0 aromatic carbocycles. The number of fused-ring (bicyclic) bond motifs is 1. The Bertz CT molecular complexity index is 460. The van der Waals surface area contributed by atoms with Gasteiger partial charge in [-0.15, -0.1) is 0 Å². The molecule has 0 amide bonds. The first-order valence-corrected chi connectivity index (χ1v) is 7.70. The smallest absolute Gasteiger partial charge is 0.0975 e. The van der Waals surface area contributed by atoms with E-state index in [9.17, 15) is 5.11 Å². The SMILES string of the molecule is CCC(O)c1cc2n(n1)CCCN(CCC=C(C)C)C2. The Kier molecular flexibility index (Phi) is 5.38. The van der Waals surface area contributed by atoms with Crippen LogP contribution in [0.15, 0.2) is 17.7 Å². The lowest BCUT2D eigenvalue weighted by atomic mass is 10.2. The minimum absolute atomic E-state index is 0.423. The van der Waals surface area contributed by atoms with Crippen LogP contribution in [0, 0.1) is 0 Å². The minimum atomic E-state index is -0.423. The number of aliphatic hydroxyl groups excluding tert-OH is 1. The molecule has 20 heavy (non-hydrogen) atoms. The summed E-state index contributed by atoms with van der Waals surface area (Å²) in [4.78, 5) is 2.49. The molecule has 1 atom stereocenters. The molecule has 1 aromatic heterocycles. The Balaban J connectivity index is 2.01. The van der Waals surface area contributed by atoms with E-state index in [0.717, 1.165) is 51.1 Å². The highest BCUT2D eigenvalue weighted by atomic mass is 16.3. The molecule has 1 aromatic rings. The van der Waals surface area contributed by atoms with Gasteiger partial charge < -0.3 is 5.11 Å². The highest BCUT2D eigenvalue weighted by Gasteiger charge is 2.18. The summed E-state index contributed by atoms with van der Waals surface area (Å²) in [6, 6.07) is 2.08. The fourth-order valence-electron chi connectivity index (χ4n) is 2.65. The first-order valence-electron chi connectivity index (χ1n) is 7.70. The number of nitrogens with zero attached hydrogens (tertiary/aromatic N) is 3. The van der Waals surface area contributed by atoms with Crippen LogP contribution in [0.4, 0.5) is 0 Å². The van der Waals surface area contributed by atoms with Gasteiger partial charge >= 0.3 is 0 Å². The van der Waals surface area contributed by atoms with Crippen LogP contribution in [0.1, 0.15) is 57.5 Å². The molecular weight excluding hydrogens is 250 g/mol. The zero-order valence-electron chi connectivity index (χ0n) is 13.0. The van der Waals surface area contributed by atoms with E-state index in [1.807, 2.05) is 6.92 Å². The topological polar surface area (TPSA) is 41.3 Å². The van der Waals surface area contributed by atoms with Crippen molar-refractivity contribution in [3.05, 3.63) is 29.1 Å². The van der Waals surface area contributed by atoms with E-state index in [4.69, 9.17) is 0 Å². The third-order valence-corrected chi connectivity index (χ3v) is 3.84. The summed E-state index contributed by atoms with van der Waals surface area (Å²) in [6.45, 7) is 10.4. The molecule has 1 N–H and O–H groups in total. The summed E-state index contributed by atoms with van der Waals surface area (Å²) in [6.07, 6.45) is 4.84. The van der Waals surface area contributed by atoms with E-state index in [2.05, 4.69) is 40.7 Å². The van der Waals surface area contributed by atoms with Crippen molar-refractivity contribution in [1.82, 2.24) is 14.7 Å². The monoisotopic (exact) mass is 277 g/mol. The van der Waals surface area contributed by atoms with E-state index in [-0.39, 0.29) is 0 Å². The summed E-state index contributed by atoms with van der Waals surface area (Å²) in [5.41, 5.74) is 3.45. The van der Waals surface area contributed by atoms with Crippen molar-refractivity contribution >= 4 is 0 Å². The zero-order valence-corrected chi connectivity index (χ0v) is 13.0. The van der Waals surface area contributed by atoms with Crippen molar-refractivity contribution in [1.29, 1.82) is 0 Å². The van der Waals surface area contributed by atoms with Crippen LogP contribution in [-0.4, -0.2) is 32.9 Å². The van der Waals surface area contributed by atoms with Gasteiger partial charge in [-0.2, -0.15) is 5.10 Å². The number of aromatic nitrogens is 2. The molecule has 4 heteroatoms. The Morgan fingerprint density at radius 2 is 2.25 bits per heavy atom. The molecule has 1 aliphatic heterocycles. The molecule has 2 heterocycles. The van der Waals surface area contributed by atoms with Gasteiger partial charge in [0.25, 0.3) is 0 Å². The molecular formula is C16H27N3O. The molecule has 0 radical (unpaired) electrons. The van der Waals surface area contributed by atoms with E-state index >= 15 is 0 Å². The third-order valence-electron chi connectivity index (χ3n) is 3.84. The number of aliphatic hydroxyl groups is 1. The van der Waals surface area contributed by atoms with Gasteiger partial charge in [0.05, 0.1) is 17.5 Å². The van der Waals surface area contributed by atoms with E-state index in [1.165, 1.54) is 11.3 Å². The van der Waals surface area contributed by atoms with E-state index in [1.54, 1.807) is 0 Å². The molecule has 0 spiro atoms. The zero-order chi connectivity index (χ0) is 14.5. The van der Waals surface area contributed by atoms with Crippen LogP contribution < -0.4 is 0 Å². The summed E-state index contributed by atoms with van der Waals surface area (Å²) in [7, 11) is 0. The fraction of sp³-hybridized carbons (Fsp3) is 0.688. The first-order chi connectivity index (χ1) is 9.60. The predicted octanol–water partition coefficient (Wildman–Crippen LogP) is 2.89. The van der Waals surface area contributed by atoms with Gasteiger partial charge in [-0.05, 0) is 39.2 Å². The quantitative estimate of drug-likeness (QED) is 0.841. The first kappa shape index (κ1) is 15.3.